The normalized spacial score (nSPS) is 10.2. The SMILES string of the molecule is CCc1cc(N)nc(-c2ccc(OC)nc2)n1. The van der Waals surface area contributed by atoms with Gasteiger partial charge in [0, 0.05) is 29.6 Å². The number of hydrogen-bond acceptors (Lipinski definition) is 5. The van der Waals surface area contributed by atoms with Gasteiger partial charge in [-0.3, -0.25) is 0 Å². The number of aryl methyl sites for hydroxylation is 1. The fraction of sp³-hybridized carbons (Fsp3) is 0.250. The zero-order valence-corrected chi connectivity index (χ0v) is 9.84. The van der Waals surface area contributed by atoms with E-state index in [-0.39, 0.29) is 0 Å². The number of anilines is 1. The van der Waals surface area contributed by atoms with Crippen molar-refractivity contribution in [3.05, 3.63) is 30.1 Å². The maximum atomic E-state index is 5.73. The van der Waals surface area contributed by atoms with Crippen LogP contribution in [0.3, 0.4) is 0 Å². The van der Waals surface area contributed by atoms with E-state index in [4.69, 9.17) is 10.5 Å². The van der Waals surface area contributed by atoms with Crippen LogP contribution >= 0.6 is 0 Å². The van der Waals surface area contributed by atoms with Crippen LogP contribution in [0.4, 0.5) is 5.82 Å². The van der Waals surface area contributed by atoms with Gasteiger partial charge in [-0.1, -0.05) is 6.92 Å². The first-order chi connectivity index (χ1) is 8.22. The Morgan fingerprint density at radius 1 is 1.29 bits per heavy atom. The Morgan fingerprint density at radius 2 is 2.12 bits per heavy atom. The lowest BCUT2D eigenvalue weighted by atomic mass is 10.2. The second-order valence-electron chi connectivity index (χ2n) is 3.55. The van der Waals surface area contributed by atoms with Gasteiger partial charge in [-0.2, -0.15) is 0 Å². The van der Waals surface area contributed by atoms with Crippen LogP contribution in [-0.4, -0.2) is 22.1 Å². The molecule has 88 valence electrons. The Morgan fingerprint density at radius 3 is 2.71 bits per heavy atom. The molecular weight excluding hydrogens is 216 g/mol. The van der Waals surface area contributed by atoms with Gasteiger partial charge in [0.25, 0.3) is 0 Å². The Labute approximate surface area is 99.7 Å². The molecule has 0 fully saturated rings. The summed E-state index contributed by atoms with van der Waals surface area (Å²) in [7, 11) is 1.58. The summed E-state index contributed by atoms with van der Waals surface area (Å²) in [6.45, 7) is 2.03. The zero-order valence-electron chi connectivity index (χ0n) is 9.84. The average molecular weight is 230 g/mol. The molecule has 5 nitrogen and oxygen atoms in total. The third-order valence-corrected chi connectivity index (χ3v) is 2.36. The first-order valence-electron chi connectivity index (χ1n) is 5.36. The smallest absolute Gasteiger partial charge is 0.212 e. The van der Waals surface area contributed by atoms with Gasteiger partial charge in [-0.15, -0.1) is 0 Å². The number of rotatable bonds is 3. The van der Waals surface area contributed by atoms with E-state index in [9.17, 15) is 0 Å². The summed E-state index contributed by atoms with van der Waals surface area (Å²) in [5, 5.41) is 0. The van der Waals surface area contributed by atoms with Crippen molar-refractivity contribution in [3.8, 4) is 17.3 Å². The number of hydrogen-bond donors (Lipinski definition) is 1. The van der Waals surface area contributed by atoms with Gasteiger partial charge in [0.15, 0.2) is 5.82 Å². The van der Waals surface area contributed by atoms with E-state index in [0.717, 1.165) is 17.7 Å². The molecule has 2 aromatic heterocycles. The van der Waals surface area contributed by atoms with E-state index in [1.54, 1.807) is 25.4 Å². The Bertz CT molecular complexity index is 510. The maximum absolute atomic E-state index is 5.73. The second-order valence-corrected chi connectivity index (χ2v) is 3.55. The van der Waals surface area contributed by atoms with Crippen molar-refractivity contribution in [2.24, 2.45) is 0 Å². The molecule has 2 heterocycles. The summed E-state index contributed by atoms with van der Waals surface area (Å²) in [6, 6.07) is 5.41. The molecule has 0 amide bonds. The molecule has 0 spiro atoms. The third-order valence-electron chi connectivity index (χ3n) is 2.36. The van der Waals surface area contributed by atoms with Gasteiger partial charge in [-0.25, -0.2) is 15.0 Å². The van der Waals surface area contributed by atoms with Crippen LogP contribution in [0.5, 0.6) is 5.88 Å². The largest absolute Gasteiger partial charge is 0.481 e. The number of pyridine rings is 1. The topological polar surface area (TPSA) is 73.9 Å². The molecule has 5 heteroatoms. The van der Waals surface area contributed by atoms with E-state index in [1.807, 2.05) is 13.0 Å². The average Bonchev–Trinajstić information content (AvgIpc) is 2.38. The molecule has 2 rings (SSSR count). The number of aromatic nitrogens is 3. The Hall–Kier alpha value is -2.17. The van der Waals surface area contributed by atoms with Crippen molar-refractivity contribution in [2.75, 3.05) is 12.8 Å². The Kier molecular flexibility index (Phi) is 3.18. The van der Waals surface area contributed by atoms with Crippen molar-refractivity contribution in [3.63, 3.8) is 0 Å². The van der Waals surface area contributed by atoms with Crippen LogP contribution in [0.1, 0.15) is 12.6 Å². The zero-order chi connectivity index (χ0) is 12.3. The summed E-state index contributed by atoms with van der Waals surface area (Å²) in [4.78, 5) is 12.7. The lowest BCUT2D eigenvalue weighted by Crippen LogP contribution is -2.00. The number of nitrogen functional groups attached to an aromatic ring is 1. The van der Waals surface area contributed by atoms with Gasteiger partial charge >= 0.3 is 0 Å². The molecule has 0 saturated carbocycles. The minimum Gasteiger partial charge on any atom is -0.481 e. The van der Waals surface area contributed by atoms with E-state index in [1.165, 1.54) is 0 Å². The number of nitrogens with zero attached hydrogens (tertiary/aromatic N) is 3. The molecule has 2 aromatic rings. The standard InChI is InChI=1S/C12H14N4O/c1-3-9-6-10(13)16-12(15-9)8-4-5-11(17-2)14-7-8/h4-7H,3H2,1-2H3,(H2,13,15,16). The minimum atomic E-state index is 0.475. The van der Waals surface area contributed by atoms with Crippen LogP contribution in [-0.2, 0) is 6.42 Å². The summed E-state index contributed by atoms with van der Waals surface area (Å²) in [6.07, 6.45) is 2.50. The lowest BCUT2D eigenvalue weighted by molar-refractivity contribution is 0.398. The van der Waals surface area contributed by atoms with Gasteiger partial charge in [-0.05, 0) is 12.5 Å². The van der Waals surface area contributed by atoms with Crippen LogP contribution in [0.15, 0.2) is 24.4 Å². The highest BCUT2D eigenvalue weighted by Gasteiger charge is 2.05. The first-order valence-corrected chi connectivity index (χ1v) is 5.36. The Balaban J connectivity index is 2.41. The molecule has 0 unspecified atom stereocenters. The molecule has 0 saturated heterocycles. The molecule has 17 heavy (non-hydrogen) atoms. The summed E-state index contributed by atoms with van der Waals surface area (Å²) in [5.74, 6) is 1.63. The predicted molar refractivity (Wildman–Crippen MR) is 65.6 cm³/mol. The highest BCUT2D eigenvalue weighted by Crippen LogP contribution is 2.18. The van der Waals surface area contributed by atoms with Crippen molar-refractivity contribution < 1.29 is 4.74 Å². The minimum absolute atomic E-state index is 0.475. The summed E-state index contributed by atoms with van der Waals surface area (Å²) >= 11 is 0. The molecule has 0 aliphatic rings. The number of nitrogens with two attached hydrogens (primary N) is 1. The highest BCUT2D eigenvalue weighted by molar-refractivity contribution is 5.56. The fourth-order valence-corrected chi connectivity index (χ4v) is 1.46. The van der Waals surface area contributed by atoms with E-state index in [2.05, 4.69) is 15.0 Å². The van der Waals surface area contributed by atoms with E-state index >= 15 is 0 Å². The second kappa shape index (κ2) is 4.78. The van der Waals surface area contributed by atoms with Gasteiger partial charge in [0.05, 0.1) is 7.11 Å². The molecule has 0 bridgehead atoms. The van der Waals surface area contributed by atoms with E-state index < -0.39 is 0 Å². The fourth-order valence-electron chi connectivity index (χ4n) is 1.46. The van der Waals surface area contributed by atoms with Crippen LogP contribution in [0, 0.1) is 0 Å². The molecular formula is C12H14N4O. The van der Waals surface area contributed by atoms with Crippen molar-refractivity contribution in [1.29, 1.82) is 0 Å². The number of ether oxygens (including phenoxy) is 1. The van der Waals surface area contributed by atoms with Crippen molar-refractivity contribution in [1.82, 2.24) is 15.0 Å². The van der Waals surface area contributed by atoms with Gasteiger partial charge in [0.2, 0.25) is 5.88 Å². The molecule has 0 aliphatic heterocycles. The third kappa shape index (κ3) is 2.50. The van der Waals surface area contributed by atoms with E-state index in [0.29, 0.717) is 17.5 Å². The van der Waals surface area contributed by atoms with Crippen LogP contribution < -0.4 is 10.5 Å². The predicted octanol–water partition coefficient (Wildman–Crippen LogP) is 1.69. The molecule has 2 N–H and O–H groups in total. The quantitative estimate of drug-likeness (QED) is 0.868. The summed E-state index contributed by atoms with van der Waals surface area (Å²) in [5.41, 5.74) is 7.48. The van der Waals surface area contributed by atoms with Crippen LogP contribution in [0.25, 0.3) is 11.4 Å². The first kappa shape index (κ1) is 11.3. The van der Waals surface area contributed by atoms with Crippen LogP contribution in [0.2, 0.25) is 0 Å². The van der Waals surface area contributed by atoms with Gasteiger partial charge < -0.3 is 10.5 Å². The highest BCUT2D eigenvalue weighted by atomic mass is 16.5. The van der Waals surface area contributed by atoms with Crippen molar-refractivity contribution >= 4 is 5.82 Å². The van der Waals surface area contributed by atoms with Gasteiger partial charge in [0.1, 0.15) is 5.82 Å². The molecule has 0 aromatic carbocycles. The molecule has 0 radical (unpaired) electrons. The monoisotopic (exact) mass is 230 g/mol. The van der Waals surface area contributed by atoms with Crippen molar-refractivity contribution in [2.45, 2.75) is 13.3 Å². The lowest BCUT2D eigenvalue weighted by Gasteiger charge is -2.04. The summed E-state index contributed by atoms with van der Waals surface area (Å²) < 4.78 is 5.00. The molecule has 0 atom stereocenters. The molecule has 0 aliphatic carbocycles. The number of methoxy groups -OCH3 is 1. The maximum Gasteiger partial charge on any atom is 0.212 e.